The summed E-state index contributed by atoms with van der Waals surface area (Å²) in [6.45, 7) is 3.91. The Labute approximate surface area is 168 Å². The summed E-state index contributed by atoms with van der Waals surface area (Å²) in [5.74, 6) is -0.0600. The fourth-order valence-corrected chi connectivity index (χ4v) is 3.56. The summed E-state index contributed by atoms with van der Waals surface area (Å²) < 4.78 is 11.1. The smallest absolute Gasteiger partial charge is 0.296 e. The van der Waals surface area contributed by atoms with Gasteiger partial charge in [0.15, 0.2) is 0 Å². The molecule has 0 saturated carbocycles. The number of benzene rings is 1. The number of likely N-dealkylation sites (tertiary alicyclic amines) is 1. The number of amides is 1. The van der Waals surface area contributed by atoms with Crippen molar-refractivity contribution in [3.63, 3.8) is 0 Å². The third kappa shape index (κ3) is 3.38. The maximum atomic E-state index is 12.9. The molecular weight excluding hydrogens is 370 g/mol. The van der Waals surface area contributed by atoms with Crippen molar-refractivity contribution in [2.24, 2.45) is 0 Å². The van der Waals surface area contributed by atoms with Gasteiger partial charge in [0, 0.05) is 5.56 Å². The Hall–Kier alpha value is -3.54. The highest BCUT2D eigenvalue weighted by Gasteiger charge is 2.47. The summed E-state index contributed by atoms with van der Waals surface area (Å²) in [6.07, 6.45) is 2.37. The molecule has 6 nitrogen and oxygen atoms in total. The van der Waals surface area contributed by atoms with E-state index in [0.29, 0.717) is 22.8 Å². The number of aliphatic hydroxyl groups is 1. The number of carbonyl (C=O) groups is 2. The number of hydrogen-bond acceptors (Lipinski definition) is 5. The Morgan fingerprint density at radius 1 is 1.10 bits per heavy atom. The highest BCUT2D eigenvalue weighted by molar-refractivity contribution is 6.46. The summed E-state index contributed by atoms with van der Waals surface area (Å²) in [5, 5.41) is 11.0. The lowest BCUT2D eigenvalue weighted by Crippen LogP contribution is -2.28. The van der Waals surface area contributed by atoms with Crippen LogP contribution in [0.5, 0.6) is 0 Å². The van der Waals surface area contributed by atoms with Crippen molar-refractivity contribution in [1.29, 1.82) is 0 Å². The van der Waals surface area contributed by atoms with Crippen LogP contribution in [0.1, 0.15) is 41.4 Å². The molecule has 1 aliphatic rings. The first-order valence-electron chi connectivity index (χ1n) is 9.46. The third-order valence-corrected chi connectivity index (χ3v) is 5.11. The number of hydrogen-bond donors (Lipinski definition) is 1. The number of aliphatic hydroxyl groups excluding tert-OH is 1. The van der Waals surface area contributed by atoms with Crippen LogP contribution >= 0.6 is 0 Å². The van der Waals surface area contributed by atoms with Gasteiger partial charge in [-0.1, -0.05) is 31.2 Å². The Morgan fingerprint density at radius 3 is 2.45 bits per heavy atom. The van der Waals surface area contributed by atoms with Gasteiger partial charge in [0.25, 0.3) is 11.7 Å². The van der Waals surface area contributed by atoms with Crippen LogP contribution < -0.4 is 0 Å². The summed E-state index contributed by atoms with van der Waals surface area (Å²) in [6, 6.07) is 13.4. The molecule has 4 rings (SSSR count). The second kappa shape index (κ2) is 7.47. The fourth-order valence-electron chi connectivity index (χ4n) is 3.56. The highest BCUT2D eigenvalue weighted by Crippen LogP contribution is 2.40. The average Bonchev–Trinajstić information content (AvgIpc) is 3.45. The first kappa shape index (κ1) is 18.8. The van der Waals surface area contributed by atoms with Gasteiger partial charge in [-0.25, -0.2) is 0 Å². The van der Waals surface area contributed by atoms with E-state index in [1.807, 2.05) is 19.1 Å². The second-order valence-electron chi connectivity index (χ2n) is 7.01. The van der Waals surface area contributed by atoms with Crippen LogP contribution in [0.3, 0.4) is 0 Å². The first-order chi connectivity index (χ1) is 14.0. The van der Waals surface area contributed by atoms with E-state index in [4.69, 9.17) is 8.83 Å². The van der Waals surface area contributed by atoms with E-state index in [1.165, 1.54) is 11.2 Å². The SMILES string of the molecule is CCc1ccc(/C(O)=C2/C(=O)C(=O)N(Cc3ccco3)C2c2ccc(C)o2)cc1. The molecule has 1 amide bonds. The highest BCUT2D eigenvalue weighted by atomic mass is 16.3. The molecule has 1 N–H and O–H groups in total. The topological polar surface area (TPSA) is 83.9 Å². The van der Waals surface area contributed by atoms with Gasteiger partial charge in [-0.15, -0.1) is 0 Å². The molecule has 0 bridgehead atoms. The quantitative estimate of drug-likeness (QED) is 0.397. The van der Waals surface area contributed by atoms with Crippen LogP contribution in [0.2, 0.25) is 0 Å². The van der Waals surface area contributed by atoms with E-state index in [2.05, 4.69) is 0 Å². The Kier molecular flexibility index (Phi) is 4.84. The minimum Gasteiger partial charge on any atom is -0.507 e. The van der Waals surface area contributed by atoms with E-state index in [9.17, 15) is 14.7 Å². The van der Waals surface area contributed by atoms with E-state index in [1.54, 1.807) is 43.3 Å². The third-order valence-electron chi connectivity index (χ3n) is 5.11. The molecule has 0 spiro atoms. The standard InChI is InChI=1S/C23H21NO5/c1-3-15-7-9-16(10-8-15)21(25)19-20(18-11-6-14(2)29-18)24(23(27)22(19)26)13-17-5-4-12-28-17/h4-12,20,25H,3,13H2,1-2H3/b21-19-. The number of furan rings is 2. The van der Waals surface area contributed by atoms with Crippen molar-refractivity contribution in [2.45, 2.75) is 32.9 Å². The zero-order chi connectivity index (χ0) is 20.5. The fraction of sp³-hybridized carbons (Fsp3) is 0.217. The monoisotopic (exact) mass is 391 g/mol. The van der Waals surface area contributed by atoms with Crippen LogP contribution in [-0.4, -0.2) is 21.7 Å². The van der Waals surface area contributed by atoms with Crippen LogP contribution in [0.4, 0.5) is 0 Å². The molecule has 6 heteroatoms. The van der Waals surface area contributed by atoms with Gasteiger partial charge in [-0.3, -0.25) is 9.59 Å². The molecule has 1 fully saturated rings. The largest absolute Gasteiger partial charge is 0.507 e. The van der Waals surface area contributed by atoms with Gasteiger partial charge < -0.3 is 18.8 Å². The van der Waals surface area contributed by atoms with Crippen molar-refractivity contribution < 1.29 is 23.5 Å². The zero-order valence-corrected chi connectivity index (χ0v) is 16.2. The molecule has 0 radical (unpaired) electrons. The Bertz CT molecular complexity index is 1070. The minimum absolute atomic E-state index is 0.0140. The molecule has 2 aromatic heterocycles. The number of carbonyl (C=O) groups excluding carboxylic acids is 2. The Balaban J connectivity index is 1.83. The van der Waals surface area contributed by atoms with Gasteiger partial charge in [0.2, 0.25) is 0 Å². The number of rotatable bonds is 5. The van der Waals surface area contributed by atoms with Crippen LogP contribution in [0.25, 0.3) is 5.76 Å². The van der Waals surface area contributed by atoms with Gasteiger partial charge in [-0.2, -0.15) is 0 Å². The normalized spacial score (nSPS) is 18.6. The van der Waals surface area contributed by atoms with E-state index >= 15 is 0 Å². The van der Waals surface area contributed by atoms with Gasteiger partial charge in [-0.05, 0) is 43.2 Å². The van der Waals surface area contributed by atoms with Crippen molar-refractivity contribution >= 4 is 17.4 Å². The lowest BCUT2D eigenvalue weighted by atomic mass is 9.98. The summed E-state index contributed by atoms with van der Waals surface area (Å²) in [4.78, 5) is 27.1. The maximum Gasteiger partial charge on any atom is 0.296 e. The number of aryl methyl sites for hydroxylation is 2. The van der Waals surface area contributed by atoms with Crippen LogP contribution in [0.15, 0.2) is 69.2 Å². The average molecular weight is 391 g/mol. The maximum absolute atomic E-state index is 12.9. The molecule has 3 heterocycles. The van der Waals surface area contributed by atoms with Crippen LogP contribution in [0, 0.1) is 6.92 Å². The van der Waals surface area contributed by atoms with Crippen molar-refractivity contribution in [3.8, 4) is 0 Å². The van der Waals surface area contributed by atoms with Gasteiger partial charge in [0.1, 0.15) is 29.1 Å². The number of nitrogens with zero attached hydrogens (tertiary/aromatic N) is 1. The Morgan fingerprint density at radius 2 is 1.86 bits per heavy atom. The lowest BCUT2D eigenvalue weighted by Gasteiger charge is -2.22. The number of Topliss-reactive ketones (excluding diaryl/α,β-unsaturated/α-hetero) is 1. The molecule has 3 aromatic rings. The molecular formula is C23H21NO5. The lowest BCUT2D eigenvalue weighted by molar-refractivity contribution is -0.140. The predicted molar refractivity (Wildman–Crippen MR) is 106 cm³/mol. The summed E-state index contributed by atoms with van der Waals surface area (Å²) >= 11 is 0. The van der Waals surface area contributed by atoms with Gasteiger partial charge in [0.05, 0.1) is 18.4 Å². The van der Waals surface area contributed by atoms with Crippen molar-refractivity contribution in [1.82, 2.24) is 4.90 Å². The first-order valence-corrected chi connectivity index (χ1v) is 9.46. The van der Waals surface area contributed by atoms with Crippen LogP contribution in [-0.2, 0) is 22.6 Å². The van der Waals surface area contributed by atoms with Gasteiger partial charge >= 0.3 is 0 Å². The molecule has 148 valence electrons. The second-order valence-corrected chi connectivity index (χ2v) is 7.01. The van der Waals surface area contributed by atoms with E-state index in [0.717, 1.165) is 12.0 Å². The number of ketones is 1. The van der Waals surface area contributed by atoms with E-state index in [-0.39, 0.29) is 17.9 Å². The molecule has 1 aliphatic heterocycles. The zero-order valence-electron chi connectivity index (χ0n) is 16.2. The van der Waals surface area contributed by atoms with Crippen molar-refractivity contribution in [2.75, 3.05) is 0 Å². The predicted octanol–water partition coefficient (Wildman–Crippen LogP) is 4.37. The molecule has 1 unspecified atom stereocenters. The molecule has 0 aliphatic carbocycles. The molecule has 29 heavy (non-hydrogen) atoms. The minimum atomic E-state index is -0.834. The summed E-state index contributed by atoms with van der Waals surface area (Å²) in [5.41, 5.74) is 1.60. The molecule has 1 atom stereocenters. The summed E-state index contributed by atoms with van der Waals surface area (Å²) in [7, 11) is 0. The molecule has 1 aromatic carbocycles. The van der Waals surface area contributed by atoms with E-state index < -0.39 is 17.7 Å². The van der Waals surface area contributed by atoms with Crippen molar-refractivity contribution in [3.05, 3.63) is 88.8 Å². The molecule has 1 saturated heterocycles.